The molecule has 0 amide bonds. The van der Waals surface area contributed by atoms with E-state index in [1.807, 2.05) is 6.08 Å². The summed E-state index contributed by atoms with van der Waals surface area (Å²) in [6, 6.07) is 0. The Morgan fingerprint density at radius 2 is 1.12 bits per heavy atom. The Bertz CT molecular complexity index is 290. The van der Waals surface area contributed by atoms with Crippen LogP contribution in [0.4, 0.5) is 0 Å². The molecular formula is C19H38O6. The van der Waals surface area contributed by atoms with E-state index in [0.717, 1.165) is 19.3 Å². The van der Waals surface area contributed by atoms with Crippen molar-refractivity contribution in [1.82, 2.24) is 0 Å². The van der Waals surface area contributed by atoms with Crippen LogP contribution in [0.5, 0.6) is 0 Å². The lowest BCUT2D eigenvalue weighted by atomic mass is 10.1. The molecule has 2 atom stereocenters. The van der Waals surface area contributed by atoms with Gasteiger partial charge in [-0.05, 0) is 25.7 Å². The summed E-state index contributed by atoms with van der Waals surface area (Å²) in [5, 5.41) is 9.31. The first-order valence-corrected chi connectivity index (χ1v) is 8.56. The quantitative estimate of drug-likeness (QED) is 0.356. The SMILES string of the molecule is C=CCC(CCC(OC)OC)OC.C=CCC(O)CCC(OC)OC. The molecule has 1 N–H and O–H groups in total. The molecule has 0 aromatic rings. The van der Waals surface area contributed by atoms with E-state index < -0.39 is 0 Å². The van der Waals surface area contributed by atoms with E-state index in [0.29, 0.717) is 19.3 Å². The Hall–Kier alpha value is -0.760. The molecule has 0 aliphatic carbocycles. The van der Waals surface area contributed by atoms with E-state index in [2.05, 4.69) is 13.2 Å². The first-order valence-electron chi connectivity index (χ1n) is 8.56. The van der Waals surface area contributed by atoms with Crippen LogP contribution in [0.3, 0.4) is 0 Å². The van der Waals surface area contributed by atoms with Crippen LogP contribution in [0.1, 0.15) is 38.5 Å². The van der Waals surface area contributed by atoms with Crippen LogP contribution in [0, 0.1) is 0 Å². The fourth-order valence-corrected chi connectivity index (χ4v) is 2.14. The highest BCUT2D eigenvalue weighted by atomic mass is 16.7. The number of aliphatic hydroxyl groups is 1. The Balaban J connectivity index is 0. The molecule has 25 heavy (non-hydrogen) atoms. The van der Waals surface area contributed by atoms with Gasteiger partial charge in [0.2, 0.25) is 0 Å². The van der Waals surface area contributed by atoms with Crippen molar-refractivity contribution < 1.29 is 28.8 Å². The van der Waals surface area contributed by atoms with E-state index in [1.165, 1.54) is 0 Å². The molecule has 0 bridgehead atoms. The number of ether oxygens (including phenoxy) is 5. The van der Waals surface area contributed by atoms with Gasteiger partial charge >= 0.3 is 0 Å². The molecule has 2 unspecified atom stereocenters. The van der Waals surface area contributed by atoms with Gasteiger partial charge in [0.25, 0.3) is 0 Å². The minimum atomic E-state index is -0.324. The molecule has 6 heteroatoms. The zero-order chi connectivity index (χ0) is 19.5. The lowest BCUT2D eigenvalue weighted by molar-refractivity contribution is -0.111. The highest BCUT2D eigenvalue weighted by Gasteiger charge is 2.10. The molecule has 0 spiro atoms. The number of methoxy groups -OCH3 is 5. The van der Waals surface area contributed by atoms with Crippen LogP contribution in [-0.4, -0.2) is 65.4 Å². The van der Waals surface area contributed by atoms with Gasteiger partial charge in [0.05, 0.1) is 12.2 Å². The van der Waals surface area contributed by atoms with Gasteiger partial charge in [-0.25, -0.2) is 0 Å². The van der Waals surface area contributed by atoms with Gasteiger partial charge < -0.3 is 28.8 Å². The molecule has 0 radical (unpaired) electrons. The Labute approximate surface area is 153 Å². The van der Waals surface area contributed by atoms with Crippen molar-refractivity contribution in [2.24, 2.45) is 0 Å². The molecule has 0 saturated heterocycles. The summed E-state index contributed by atoms with van der Waals surface area (Å²) >= 11 is 0. The molecule has 0 aromatic carbocycles. The molecule has 6 nitrogen and oxygen atoms in total. The molecule has 0 fully saturated rings. The van der Waals surface area contributed by atoms with Crippen molar-refractivity contribution in [2.75, 3.05) is 35.5 Å². The minimum absolute atomic E-state index is 0.123. The van der Waals surface area contributed by atoms with Crippen molar-refractivity contribution in [3.63, 3.8) is 0 Å². The highest BCUT2D eigenvalue weighted by molar-refractivity contribution is 4.73. The molecule has 0 aliphatic heterocycles. The third-order valence-electron chi connectivity index (χ3n) is 3.71. The van der Waals surface area contributed by atoms with Crippen LogP contribution in [0.15, 0.2) is 25.3 Å². The van der Waals surface area contributed by atoms with Crippen LogP contribution >= 0.6 is 0 Å². The number of aliphatic hydroxyl groups excluding tert-OH is 1. The van der Waals surface area contributed by atoms with Crippen LogP contribution in [-0.2, 0) is 23.7 Å². The van der Waals surface area contributed by atoms with Crippen LogP contribution in [0.2, 0.25) is 0 Å². The second-order valence-corrected chi connectivity index (χ2v) is 5.52. The van der Waals surface area contributed by atoms with Gasteiger partial charge in [0.1, 0.15) is 0 Å². The number of hydrogen-bond acceptors (Lipinski definition) is 6. The monoisotopic (exact) mass is 362 g/mol. The molecule has 0 heterocycles. The maximum Gasteiger partial charge on any atom is 0.156 e. The van der Waals surface area contributed by atoms with Crippen molar-refractivity contribution in [1.29, 1.82) is 0 Å². The third kappa shape index (κ3) is 16.5. The summed E-state index contributed by atoms with van der Waals surface area (Å²) in [4.78, 5) is 0. The van der Waals surface area contributed by atoms with Crippen LogP contribution in [0.25, 0.3) is 0 Å². The normalized spacial score (nSPS) is 13.3. The maximum absolute atomic E-state index is 9.31. The van der Waals surface area contributed by atoms with Gasteiger partial charge in [-0.2, -0.15) is 0 Å². The van der Waals surface area contributed by atoms with Crippen molar-refractivity contribution in [3.8, 4) is 0 Å². The Morgan fingerprint density at radius 1 is 0.680 bits per heavy atom. The van der Waals surface area contributed by atoms with Crippen molar-refractivity contribution >= 4 is 0 Å². The van der Waals surface area contributed by atoms with E-state index in [9.17, 15) is 5.11 Å². The topological polar surface area (TPSA) is 66.4 Å². The summed E-state index contributed by atoms with van der Waals surface area (Å²) in [5.74, 6) is 0. The molecule has 0 aliphatic rings. The maximum atomic E-state index is 9.31. The van der Waals surface area contributed by atoms with Crippen molar-refractivity contribution in [2.45, 2.75) is 63.3 Å². The average molecular weight is 363 g/mol. The van der Waals surface area contributed by atoms with Gasteiger partial charge in [0, 0.05) is 48.4 Å². The zero-order valence-electron chi connectivity index (χ0n) is 16.6. The van der Waals surface area contributed by atoms with E-state index in [-0.39, 0.29) is 24.8 Å². The Morgan fingerprint density at radius 3 is 1.48 bits per heavy atom. The van der Waals surface area contributed by atoms with Crippen LogP contribution < -0.4 is 0 Å². The standard InChI is InChI=1S/C10H20O3.C9H18O3/c1-5-6-9(11-2)7-8-10(12-3)13-4;1-4-5-8(10)6-7-9(11-2)12-3/h5,9-10H,1,6-8H2,2-4H3;4,8-10H,1,5-7H2,2-3H3. The van der Waals surface area contributed by atoms with Crippen molar-refractivity contribution in [3.05, 3.63) is 25.3 Å². The third-order valence-corrected chi connectivity index (χ3v) is 3.71. The minimum Gasteiger partial charge on any atom is -0.393 e. The summed E-state index contributed by atoms with van der Waals surface area (Å²) in [7, 11) is 8.18. The highest BCUT2D eigenvalue weighted by Crippen LogP contribution is 2.10. The second kappa shape index (κ2) is 19.6. The molecule has 0 saturated carbocycles. The van der Waals surface area contributed by atoms with Gasteiger partial charge in [-0.1, -0.05) is 12.2 Å². The lowest BCUT2D eigenvalue weighted by Crippen LogP contribution is -2.17. The van der Waals surface area contributed by atoms with Gasteiger partial charge in [0.15, 0.2) is 12.6 Å². The summed E-state index contributed by atoms with van der Waals surface area (Å²) < 4.78 is 25.3. The molecule has 0 aromatic heterocycles. The second-order valence-electron chi connectivity index (χ2n) is 5.52. The zero-order valence-corrected chi connectivity index (χ0v) is 16.6. The molecular weight excluding hydrogens is 324 g/mol. The predicted octanol–water partition coefficient (Wildman–Crippen LogP) is 3.30. The molecule has 0 rings (SSSR count). The smallest absolute Gasteiger partial charge is 0.156 e. The first-order chi connectivity index (χ1) is 12.0. The largest absolute Gasteiger partial charge is 0.393 e. The summed E-state index contributed by atoms with van der Waals surface area (Å²) in [6.07, 6.45) is 7.81. The first kappa shape index (κ1) is 26.5. The predicted molar refractivity (Wildman–Crippen MR) is 101 cm³/mol. The van der Waals surface area contributed by atoms with Gasteiger partial charge in [-0.3, -0.25) is 0 Å². The fourth-order valence-electron chi connectivity index (χ4n) is 2.14. The summed E-state index contributed by atoms with van der Waals surface area (Å²) in [6.45, 7) is 7.22. The average Bonchev–Trinajstić information content (AvgIpc) is 2.63. The fraction of sp³-hybridized carbons (Fsp3) is 0.789. The number of rotatable bonds is 15. The van der Waals surface area contributed by atoms with E-state index >= 15 is 0 Å². The molecule has 150 valence electrons. The summed E-state index contributed by atoms with van der Waals surface area (Å²) in [5.41, 5.74) is 0. The number of hydrogen-bond donors (Lipinski definition) is 1. The van der Waals surface area contributed by atoms with E-state index in [4.69, 9.17) is 23.7 Å². The lowest BCUT2D eigenvalue weighted by Gasteiger charge is -2.17. The van der Waals surface area contributed by atoms with Gasteiger partial charge in [-0.15, -0.1) is 13.2 Å². The Kier molecular flexibility index (Phi) is 20.7. The van der Waals surface area contributed by atoms with E-state index in [1.54, 1.807) is 41.6 Å².